The molecular formula is C15H25N3O5Pt. The molecule has 1 heterocycles. The van der Waals surface area contributed by atoms with Crippen LogP contribution in [0.3, 0.4) is 0 Å². The Bertz CT molecular complexity index is 462. The van der Waals surface area contributed by atoms with Gasteiger partial charge >= 0.3 is 21.1 Å². The van der Waals surface area contributed by atoms with E-state index >= 15 is 0 Å². The van der Waals surface area contributed by atoms with Gasteiger partial charge < -0.3 is 36.2 Å². The summed E-state index contributed by atoms with van der Waals surface area (Å²) in [6, 6.07) is 0.562. The number of nitrogens with two attached hydrogens (primary N) is 2. The van der Waals surface area contributed by atoms with E-state index in [0.29, 0.717) is 4.90 Å². The number of likely N-dealkylation sites (N-methyl/N-ethyl adjacent to an activating group) is 1. The molecule has 24 heavy (non-hydrogen) atoms. The number of carbonyl (C=O) groups is 3. The summed E-state index contributed by atoms with van der Waals surface area (Å²) in [5, 5.41) is 21.8. The van der Waals surface area contributed by atoms with Gasteiger partial charge in [-0.05, 0) is 18.8 Å². The molecule has 1 unspecified atom stereocenters. The molecule has 0 spiro atoms. The third-order valence-corrected chi connectivity index (χ3v) is 4.74. The molecule has 8 nitrogen and oxygen atoms in total. The van der Waals surface area contributed by atoms with Gasteiger partial charge in [0.05, 0.1) is 17.9 Å². The van der Waals surface area contributed by atoms with Crippen LogP contribution in [-0.4, -0.2) is 47.4 Å². The summed E-state index contributed by atoms with van der Waals surface area (Å²) in [5.74, 6) is -5.63. The predicted molar refractivity (Wildman–Crippen MR) is 78.3 cm³/mol. The van der Waals surface area contributed by atoms with Gasteiger partial charge in [0.1, 0.15) is 5.54 Å². The largest absolute Gasteiger partial charge is 2.00 e. The second-order valence-electron chi connectivity index (χ2n) is 6.57. The van der Waals surface area contributed by atoms with Gasteiger partial charge in [0.2, 0.25) is 5.91 Å². The Morgan fingerprint density at radius 1 is 1.12 bits per heavy atom. The maximum Gasteiger partial charge on any atom is 2.00 e. The van der Waals surface area contributed by atoms with Gasteiger partial charge in [-0.2, -0.15) is 0 Å². The third kappa shape index (κ3) is 3.98. The van der Waals surface area contributed by atoms with E-state index < -0.39 is 35.2 Å². The molecule has 0 aromatic rings. The van der Waals surface area contributed by atoms with Crippen molar-refractivity contribution in [1.82, 2.24) is 4.90 Å². The van der Waals surface area contributed by atoms with Gasteiger partial charge in [0.25, 0.3) is 0 Å². The van der Waals surface area contributed by atoms with Crippen molar-refractivity contribution in [2.75, 3.05) is 7.05 Å². The molecule has 2 fully saturated rings. The van der Waals surface area contributed by atoms with Crippen LogP contribution in [0.25, 0.3) is 0 Å². The van der Waals surface area contributed by atoms with Crippen molar-refractivity contribution in [3.63, 3.8) is 0 Å². The summed E-state index contributed by atoms with van der Waals surface area (Å²) < 4.78 is 0. The summed E-state index contributed by atoms with van der Waals surface area (Å²) in [6.07, 6.45) is 4.80. The number of β-lactam (4-membered cyclic amide) rings is 1. The van der Waals surface area contributed by atoms with E-state index in [1.54, 1.807) is 13.8 Å². The van der Waals surface area contributed by atoms with E-state index in [1.807, 2.05) is 0 Å². The fourth-order valence-corrected chi connectivity index (χ4v) is 3.27. The summed E-state index contributed by atoms with van der Waals surface area (Å²) >= 11 is 0. The number of aliphatic carboxylic acids is 2. The van der Waals surface area contributed by atoms with Crippen LogP contribution in [-0.2, 0) is 35.4 Å². The van der Waals surface area contributed by atoms with Gasteiger partial charge in [-0.15, -0.1) is 0 Å². The summed E-state index contributed by atoms with van der Waals surface area (Å²) in [5.41, 5.74) is 8.99. The van der Waals surface area contributed by atoms with Crippen LogP contribution in [0.4, 0.5) is 0 Å². The van der Waals surface area contributed by atoms with Gasteiger partial charge in [0, 0.05) is 19.1 Å². The third-order valence-electron chi connectivity index (χ3n) is 4.74. The van der Waals surface area contributed by atoms with Crippen molar-refractivity contribution in [2.45, 2.75) is 57.2 Å². The zero-order valence-electron chi connectivity index (χ0n) is 14.1. The van der Waals surface area contributed by atoms with Crippen LogP contribution in [0.2, 0.25) is 0 Å². The smallest absolute Gasteiger partial charge is 0.547 e. The normalized spacial score (nSPS) is 28.2. The van der Waals surface area contributed by atoms with E-state index in [4.69, 9.17) is 11.5 Å². The molecule has 1 saturated heterocycles. The average Bonchev–Trinajstić information content (AvgIpc) is 2.45. The molecule has 1 amide bonds. The van der Waals surface area contributed by atoms with Gasteiger partial charge in [-0.25, -0.2) is 0 Å². The van der Waals surface area contributed by atoms with Gasteiger partial charge in [0.15, 0.2) is 0 Å². The van der Waals surface area contributed by atoms with Crippen LogP contribution >= 0.6 is 0 Å². The topological polar surface area (TPSA) is 153 Å². The Balaban J connectivity index is 0.000000498. The minimum Gasteiger partial charge on any atom is -0.547 e. The van der Waals surface area contributed by atoms with Crippen molar-refractivity contribution in [1.29, 1.82) is 0 Å². The molecule has 2 aliphatic rings. The van der Waals surface area contributed by atoms with Crippen molar-refractivity contribution >= 4 is 17.8 Å². The van der Waals surface area contributed by atoms with E-state index in [1.165, 1.54) is 12.8 Å². The number of hydrogen-bond donors (Lipinski definition) is 2. The van der Waals surface area contributed by atoms with Crippen LogP contribution in [0.5, 0.6) is 0 Å². The quantitative estimate of drug-likeness (QED) is 0.300. The Kier molecular flexibility index (Phi) is 8.56. The molecule has 0 radical (unpaired) electrons. The molecule has 140 valence electrons. The molecule has 1 aliphatic carbocycles. The molecule has 0 aromatic heterocycles. The number of carboxylic acid groups (broad SMARTS) is 2. The second kappa shape index (κ2) is 8.92. The van der Waals surface area contributed by atoms with Crippen LogP contribution in [0.1, 0.15) is 39.5 Å². The number of nitrogens with zero attached hydrogens (tertiary/aromatic N) is 1. The molecule has 0 aromatic carbocycles. The SMILES string of the molecule is CC(C)C1C(=O)N(C)C1(C(=O)[O-])C(=O)[O-].N[C@@H]1CCCC[C@H]1N.[Pt+2]. The maximum absolute atomic E-state index is 11.4. The molecular weight excluding hydrogens is 497 g/mol. The summed E-state index contributed by atoms with van der Waals surface area (Å²) in [7, 11) is 1.12. The van der Waals surface area contributed by atoms with Crippen molar-refractivity contribution in [3.8, 4) is 0 Å². The minimum atomic E-state index is -2.31. The fourth-order valence-electron chi connectivity index (χ4n) is 3.27. The van der Waals surface area contributed by atoms with E-state index in [2.05, 4.69) is 0 Å². The first-order valence-corrected chi connectivity index (χ1v) is 7.80. The minimum absolute atomic E-state index is 0. The molecule has 3 atom stereocenters. The monoisotopic (exact) mass is 522 g/mol. The van der Waals surface area contributed by atoms with Crippen molar-refractivity contribution in [2.24, 2.45) is 23.3 Å². The molecule has 2 rings (SSSR count). The van der Waals surface area contributed by atoms with Crippen LogP contribution in [0, 0.1) is 11.8 Å². The number of hydrogen-bond acceptors (Lipinski definition) is 7. The van der Waals surface area contributed by atoms with Crippen LogP contribution < -0.4 is 21.7 Å². The average molecular weight is 522 g/mol. The number of likely N-dealkylation sites (tertiary alicyclic amines) is 1. The number of rotatable bonds is 3. The summed E-state index contributed by atoms with van der Waals surface area (Å²) in [6.45, 7) is 3.16. The molecule has 9 heteroatoms. The molecule has 1 aliphatic heterocycles. The fraction of sp³-hybridized carbons (Fsp3) is 0.800. The van der Waals surface area contributed by atoms with Crippen molar-refractivity contribution < 1.29 is 45.7 Å². The Morgan fingerprint density at radius 3 is 1.71 bits per heavy atom. The standard InChI is InChI=1S/C9H13NO5.C6H14N2.Pt/c1-4(2)5-6(11)10(3)9(5,7(12)13)8(14)15;7-5-3-1-2-4-6(5)8;/h4-5H,1-3H3,(H,12,13)(H,14,15);5-6H,1-4,7-8H2;/q;;+2/p-2/t;5-,6-;/m.1./s1. The number of carboxylic acids is 2. The first-order valence-electron chi connectivity index (χ1n) is 7.80. The zero-order valence-corrected chi connectivity index (χ0v) is 16.4. The van der Waals surface area contributed by atoms with Crippen LogP contribution in [0.15, 0.2) is 0 Å². The Morgan fingerprint density at radius 2 is 1.50 bits per heavy atom. The Labute approximate surface area is 156 Å². The van der Waals surface area contributed by atoms with Gasteiger partial charge in [-0.1, -0.05) is 26.7 Å². The van der Waals surface area contributed by atoms with Crippen molar-refractivity contribution in [3.05, 3.63) is 0 Å². The number of amides is 1. The van der Waals surface area contributed by atoms with Gasteiger partial charge in [-0.3, -0.25) is 4.79 Å². The first-order chi connectivity index (χ1) is 10.6. The van der Waals surface area contributed by atoms with E-state index in [9.17, 15) is 24.6 Å². The Hall–Kier alpha value is -0.982. The number of carbonyl (C=O) groups excluding carboxylic acids is 3. The van der Waals surface area contributed by atoms with E-state index in [0.717, 1.165) is 19.9 Å². The molecule has 0 bridgehead atoms. The summed E-state index contributed by atoms with van der Waals surface area (Å²) in [4.78, 5) is 33.8. The van der Waals surface area contributed by atoms with E-state index in [-0.39, 0.29) is 33.1 Å². The maximum atomic E-state index is 11.4. The molecule has 4 N–H and O–H groups in total. The predicted octanol–water partition coefficient (Wildman–Crippen LogP) is -2.82. The second-order valence-corrected chi connectivity index (χ2v) is 6.57. The zero-order chi connectivity index (χ0) is 17.9. The molecule has 1 saturated carbocycles. The first kappa shape index (κ1) is 23.0.